The largest absolute Gasteiger partial charge is 0.480 e. The van der Waals surface area contributed by atoms with Crippen molar-refractivity contribution in [3.05, 3.63) is 100 Å². The predicted molar refractivity (Wildman–Crippen MR) is 182 cm³/mol. The second-order valence-electron chi connectivity index (χ2n) is 12.2. The zero-order chi connectivity index (χ0) is 37.2. The zero-order valence-electron chi connectivity index (χ0n) is 27.2. The number of alkyl halides is 3. The Kier molecular flexibility index (Phi) is 10.0. The Morgan fingerprint density at radius 2 is 1.79 bits per heavy atom. The first-order chi connectivity index (χ1) is 24.8. The van der Waals surface area contributed by atoms with E-state index in [0.29, 0.717) is 5.39 Å². The number of hydrogen-bond acceptors (Lipinski definition) is 8. The molecule has 3 aromatic carbocycles. The fourth-order valence-electron chi connectivity index (χ4n) is 6.03. The summed E-state index contributed by atoms with van der Waals surface area (Å²) in [7, 11) is 0. The van der Waals surface area contributed by atoms with E-state index in [-0.39, 0.29) is 54.7 Å². The quantitative estimate of drug-likeness (QED) is 0.116. The average molecular weight is 720 g/mol. The smallest absolute Gasteiger partial charge is 0.417 e. The number of aliphatic carboxylic acids is 1. The molecule has 1 aliphatic rings. The minimum atomic E-state index is -4.64. The molecule has 0 aliphatic carbocycles. The molecule has 52 heavy (non-hydrogen) atoms. The van der Waals surface area contributed by atoms with E-state index in [1.807, 2.05) is 24.3 Å². The van der Waals surface area contributed by atoms with Crippen LogP contribution in [0.2, 0.25) is 0 Å². The number of esters is 1. The fourth-order valence-corrected chi connectivity index (χ4v) is 6.03. The van der Waals surface area contributed by atoms with E-state index in [1.165, 1.54) is 47.4 Å². The Labute approximate surface area is 292 Å². The van der Waals surface area contributed by atoms with Crippen LogP contribution in [0.4, 0.5) is 23.7 Å². The van der Waals surface area contributed by atoms with Crippen molar-refractivity contribution in [2.45, 2.75) is 43.6 Å². The highest BCUT2D eigenvalue weighted by Crippen LogP contribution is 2.37. The Morgan fingerprint density at radius 3 is 2.56 bits per heavy atom. The molecule has 2 aromatic heterocycles. The van der Waals surface area contributed by atoms with Crippen molar-refractivity contribution >= 4 is 51.3 Å². The molecule has 6 N–H and O–H groups in total. The lowest BCUT2D eigenvalue weighted by Crippen LogP contribution is -2.49. The first-order valence-corrected chi connectivity index (χ1v) is 16.1. The fraction of sp³-hybridized carbons (Fsp3) is 0.250. The summed E-state index contributed by atoms with van der Waals surface area (Å²) in [5, 5.41) is 13.3. The number of ether oxygens (including phenoxy) is 2. The second kappa shape index (κ2) is 14.6. The molecule has 2 amide bonds. The van der Waals surface area contributed by atoms with Gasteiger partial charge in [-0.25, -0.2) is 9.59 Å². The summed E-state index contributed by atoms with van der Waals surface area (Å²) in [4.78, 5) is 69.5. The molecule has 0 radical (unpaired) electrons. The molecule has 270 valence electrons. The van der Waals surface area contributed by atoms with E-state index >= 15 is 0 Å². The number of amides is 2. The van der Waals surface area contributed by atoms with Gasteiger partial charge in [-0.05, 0) is 54.1 Å². The normalized spacial score (nSPS) is 15.7. The minimum absolute atomic E-state index is 0.0253. The number of rotatable bonds is 12. The van der Waals surface area contributed by atoms with Crippen molar-refractivity contribution in [1.29, 1.82) is 0 Å². The molecule has 1 saturated heterocycles. The third-order valence-electron chi connectivity index (χ3n) is 8.67. The predicted octanol–water partition coefficient (Wildman–Crippen LogP) is 4.48. The maximum atomic E-state index is 13.6. The number of pyridine rings is 1. The summed E-state index contributed by atoms with van der Waals surface area (Å²) >= 11 is 0. The number of nitrogens with one attached hydrogen (secondary N) is 3. The minimum Gasteiger partial charge on any atom is -0.480 e. The SMILES string of the molecule is N[C@@H](Cc1c[nH]c2ccccc12)C(=O)N[C@@H](CCC(=O)OC[C@@H]1CN(c2ccc3cc(-c4ccccc4C(F)(F)F)[nH]c(=O)c3c2)C(=O)O1)C(=O)O. The number of fused-ring (bicyclic) bond motifs is 2. The molecule has 5 aromatic rings. The first kappa shape index (κ1) is 35.7. The molecule has 1 fully saturated rings. The van der Waals surface area contributed by atoms with Crippen molar-refractivity contribution in [2.24, 2.45) is 5.73 Å². The summed E-state index contributed by atoms with van der Waals surface area (Å²) in [6, 6.07) is 15.7. The third-order valence-corrected chi connectivity index (χ3v) is 8.67. The Hall–Kier alpha value is -6.16. The number of para-hydroxylation sites is 1. The average Bonchev–Trinajstić information content (AvgIpc) is 3.70. The number of aromatic nitrogens is 2. The summed E-state index contributed by atoms with van der Waals surface area (Å²) < 4.78 is 51.3. The summed E-state index contributed by atoms with van der Waals surface area (Å²) in [5.74, 6) is -2.86. The highest BCUT2D eigenvalue weighted by molar-refractivity contribution is 5.95. The van der Waals surface area contributed by atoms with Crippen LogP contribution in [0.3, 0.4) is 0 Å². The van der Waals surface area contributed by atoms with Crippen LogP contribution in [0.25, 0.3) is 32.9 Å². The van der Waals surface area contributed by atoms with E-state index in [0.717, 1.165) is 22.5 Å². The van der Waals surface area contributed by atoms with E-state index in [2.05, 4.69) is 15.3 Å². The number of carbonyl (C=O) groups is 4. The van der Waals surface area contributed by atoms with Crippen LogP contribution in [-0.2, 0) is 36.5 Å². The van der Waals surface area contributed by atoms with Gasteiger partial charge in [-0.2, -0.15) is 13.2 Å². The standard InChI is InChI=1S/C36H32F3N5O8/c37-36(38,39)26-7-3-1-6-24(26)30-14-19-9-10-21(15-25(19)32(46)43-30)44-17-22(52-35(44)50)18-51-31(45)12-11-29(34(48)49)42-33(47)27(40)13-20-16-41-28-8-4-2-5-23(20)28/h1-10,14-16,22,27,29,41H,11-13,17-18,40H2,(H,42,47)(H,43,46)(H,48,49)/t22-,27-,29-/m0/s1. The number of H-pyrrole nitrogens is 2. The van der Waals surface area contributed by atoms with Gasteiger partial charge in [0.25, 0.3) is 5.56 Å². The van der Waals surface area contributed by atoms with Gasteiger partial charge in [0.05, 0.1) is 18.2 Å². The molecular formula is C36H32F3N5O8. The third kappa shape index (κ3) is 7.76. The highest BCUT2D eigenvalue weighted by Gasteiger charge is 2.35. The number of nitrogens with two attached hydrogens (primary N) is 1. The molecular weight excluding hydrogens is 687 g/mol. The van der Waals surface area contributed by atoms with Crippen LogP contribution in [0.5, 0.6) is 0 Å². The molecule has 0 bridgehead atoms. The molecule has 0 unspecified atom stereocenters. The molecule has 0 saturated carbocycles. The van der Waals surface area contributed by atoms with E-state index in [9.17, 15) is 42.3 Å². The van der Waals surface area contributed by atoms with Gasteiger partial charge in [-0.3, -0.25) is 19.3 Å². The number of carboxylic acids is 1. The molecule has 3 heterocycles. The number of halogens is 3. The maximum Gasteiger partial charge on any atom is 0.417 e. The van der Waals surface area contributed by atoms with Crippen LogP contribution >= 0.6 is 0 Å². The lowest BCUT2D eigenvalue weighted by Gasteiger charge is -2.18. The van der Waals surface area contributed by atoms with Crippen molar-refractivity contribution in [3.8, 4) is 11.3 Å². The Bertz CT molecular complexity index is 2230. The van der Waals surface area contributed by atoms with Crippen LogP contribution in [0, 0.1) is 0 Å². The number of nitrogens with zero attached hydrogens (tertiary/aromatic N) is 1. The van der Waals surface area contributed by atoms with Crippen molar-refractivity contribution in [3.63, 3.8) is 0 Å². The lowest BCUT2D eigenvalue weighted by molar-refractivity contribution is -0.147. The highest BCUT2D eigenvalue weighted by atomic mass is 19.4. The second-order valence-corrected chi connectivity index (χ2v) is 12.2. The number of cyclic esters (lactones) is 1. The van der Waals surface area contributed by atoms with Crippen molar-refractivity contribution in [1.82, 2.24) is 15.3 Å². The van der Waals surface area contributed by atoms with Crippen LogP contribution in [0.1, 0.15) is 24.0 Å². The molecule has 13 nitrogen and oxygen atoms in total. The van der Waals surface area contributed by atoms with Crippen molar-refractivity contribution in [2.75, 3.05) is 18.1 Å². The van der Waals surface area contributed by atoms with Gasteiger partial charge in [0.15, 0.2) is 6.10 Å². The molecule has 3 atom stereocenters. The Morgan fingerprint density at radius 1 is 1.04 bits per heavy atom. The van der Waals surface area contributed by atoms with Crippen molar-refractivity contribution < 1.29 is 46.9 Å². The number of aromatic amines is 2. The number of carbonyl (C=O) groups excluding carboxylic acids is 3. The van der Waals surface area contributed by atoms with E-state index in [1.54, 1.807) is 6.20 Å². The number of hydrogen-bond donors (Lipinski definition) is 5. The number of carboxylic acid groups (broad SMARTS) is 1. The molecule has 16 heteroatoms. The molecule has 1 aliphatic heterocycles. The van der Waals surface area contributed by atoms with Crippen LogP contribution in [-0.4, -0.2) is 70.4 Å². The maximum absolute atomic E-state index is 13.6. The van der Waals surface area contributed by atoms with Gasteiger partial charge in [0, 0.05) is 45.9 Å². The van der Waals surface area contributed by atoms with Crippen LogP contribution in [0.15, 0.2) is 83.8 Å². The molecule has 0 spiro atoms. The van der Waals surface area contributed by atoms with E-state index in [4.69, 9.17) is 15.2 Å². The van der Waals surface area contributed by atoms with Gasteiger partial charge in [0.1, 0.15) is 12.6 Å². The van der Waals surface area contributed by atoms with Gasteiger partial charge in [0.2, 0.25) is 5.91 Å². The lowest BCUT2D eigenvalue weighted by atomic mass is 10.0. The monoisotopic (exact) mass is 719 g/mol. The van der Waals surface area contributed by atoms with Gasteiger partial charge in [-0.1, -0.05) is 42.5 Å². The Balaban J connectivity index is 1.02. The molecule has 6 rings (SSSR count). The number of anilines is 1. The topological polar surface area (TPSA) is 197 Å². The zero-order valence-corrected chi connectivity index (χ0v) is 27.2. The summed E-state index contributed by atoms with van der Waals surface area (Å²) in [6.45, 7) is -0.411. The van der Waals surface area contributed by atoms with Crippen LogP contribution < -0.4 is 21.5 Å². The first-order valence-electron chi connectivity index (χ1n) is 16.1. The van der Waals surface area contributed by atoms with Gasteiger partial charge in [-0.15, -0.1) is 0 Å². The van der Waals surface area contributed by atoms with Gasteiger partial charge < -0.3 is 35.6 Å². The summed E-state index contributed by atoms with van der Waals surface area (Å²) in [6.07, 6.45) is -5.10. The van der Waals surface area contributed by atoms with Gasteiger partial charge >= 0.3 is 24.2 Å². The van der Waals surface area contributed by atoms with E-state index < -0.39 is 59.4 Å². The number of benzene rings is 3. The summed E-state index contributed by atoms with van der Waals surface area (Å²) in [5.41, 5.74) is 6.19.